The molecule has 0 aromatic carbocycles. The molecule has 6 nitrogen and oxygen atoms in total. The molecule has 0 rings (SSSR count). The van der Waals surface area contributed by atoms with Crippen molar-refractivity contribution in [2.75, 3.05) is 6.54 Å². The van der Waals surface area contributed by atoms with Crippen LogP contribution in [-0.2, 0) is 9.59 Å². The molecule has 0 aromatic heterocycles. The van der Waals surface area contributed by atoms with E-state index in [0.29, 0.717) is 0 Å². The zero-order chi connectivity index (χ0) is 10.6. The van der Waals surface area contributed by atoms with Gasteiger partial charge in [0, 0.05) is 20.4 Å². The Labute approximate surface area is 71.3 Å². The lowest BCUT2D eigenvalue weighted by Gasteiger charge is -1.77. The second-order valence-corrected chi connectivity index (χ2v) is 1.60. The fourth-order valence-electron chi connectivity index (χ4n) is 0. The Morgan fingerprint density at radius 3 is 1.33 bits per heavy atom. The quantitative estimate of drug-likeness (QED) is 0.324. The van der Waals surface area contributed by atoms with E-state index < -0.39 is 11.9 Å². The molecule has 0 aliphatic heterocycles. The Morgan fingerprint density at radius 1 is 1.25 bits per heavy atom. The third kappa shape index (κ3) is 27900. The van der Waals surface area contributed by atoms with Crippen molar-refractivity contribution >= 4 is 11.9 Å². The summed E-state index contributed by atoms with van der Waals surface area (Å²) in [5.41, 5.74) is 2.43. The SMILES string of the molecule is CC(=O)O.CC(=O)O.CCNN. The van der Waals surface area contributed by atoms with E-state index in [1.165, 1.54) is 0 Å². The van der Waals surface area contributed by atoms with Gasteiger partial charge >= 0.3 is 0 Å². The Balaban J connectivity index is -0.000000101. The third-order valence-electron chi connectivity index (χ3n) is 0.204. The van der Waals surface area contributed by atoms with Gasteiger partial charge in [0.05, 0.1) is 0 Å². The molecule has 0 saturated heterocycles. The van der Waals surface area contributed by atoms with Crippen LogP contribution in [0.5, 0.6) is 0 Å². The Morgan fingerprint density at radius 2 is 1.33 bits per heavy atom. The van der Waals surface area contributed by atoms with Gasteiger partial charge in [-0.2, -0.15) is 0 Å². The molecule has 0 saturated carbocycles. The van der Waals surface area contributed by atoms with Crippen LogP contribution in [0.25, 0.3) is 0 Å². The number of rotatable bonds is 1. The molecule has 6 heteroatoms. The number of nitrogens with two attached hydrogens (primary N) is 1. The number of carboxylic acid groups (broad SMARTS) is 2. The normalized spacial score (nSPS) is 6.67. The fraction of sp³-hybridized carbons (Fsp3) is 0.667. The highest BCUT2D eigenvalue weighted by molar-refractivity contribution is 5.63. The van der Waals surface area contributed by atoms with Gasteiger partial charge in [-0.1, -0.05) is 6.92 Å². The van der Waals surface area contributed by atoms with Gasteiger partial charge in [0.1, 0.15) is 0 Å². The van der Waals surface area contributed by atoms with Crippen molar-refractivity contribution < 1.29 is 19.8 Å². The standard InChI is InChI=1S/C2H8N2.2C2H4O2/c1-2-4-3;2*1-2(3)4/h4H,2-3H2,1H3;2*1H3,(H,3,4). The summed E-state index contributed by atoms with van der Waals surface area (Å²) in [7, 11) is 0. The molecule has 0 aromatic rings. The lowest BCUT2D eigenvalue weighted by Crippen LogP contribution is -2.20. The number of hydrazine groups is 1. The summed E-state index contributed by atoms with van der Waals surface area (Å²) < 4.78 is 0. The second-order valence-electron chi connectivity index (χ2n) is 1.60. The predicted octanol–water partition coefficient (Wildman–Crippen LogP) is -0.349. The van der Waals surface area contributed by atoms with Crippen molar-refractivity contribution in [3.8, 4) is 0 Å². The highest BCUT2D eigenvalue weighted by atomic mass is 16.4. The van der Waals surface area contributed by atoms with Crippen LogP contribution < -0.4 is 11.3 Å². The number of carbonyl (C=O) groups is 2. The van der Waals surface area contributed by atoms with E-state index in [2.05, 4.69) is 5.43 Å². The Kier molecular flexibility index (Phi) is 23.4. The van der Waals surface area contributed by atoms with Crippen molar-refractivity contribution in [1.82, 2.24) is 5.43 Å². The molecule has 12 heavy (non-hydrogen) atoms. The van der Waals surface area contributed by atoms with Gasteiger partial charge in [-0.25, -0.2) is 0 Å². The van der Waals surface area contributed by atoms with Crippen LogP contribution in [-0.4, -0.2) is 28.7 Å². The first-order valence-electron chi connectivity index (χ1n) is 3.20. The van der Waals surface area contributed by atoms with Gasteiger partial charge in [0.15, 0.2) is 0 Å². The molecule has 0 aliphatic rings. The first-order chi connectivity index (χ1) is 5.38. The van der Waals surface area contributed by atoms with Crippen LogP contribution in [0.2, 0.25) is 0 Å². The molecule has 0 fully saturated rings. The van der Waals surface area contributed by atoms with E-state index in [4.69, 9.17) is 25.6 Å². The molecular weight excluding hydrogens is 164 g/mol. The third-order valence-corrected chi connectivity index (χ3v) is 0.204. The summed E-state index contributed by atoms with van der Waals surface area (Å²) in [6, 6.07) is 0. The van der Waals surface area contributed by atoms with E-state index in [-0.39, 0.29) is 0 Å². The van der Waals surface area contributed by atoms with Crippen molar-refractivity contribution in [1.29, 1.82) is 0 Å². The molecule has 0 bridgehead atoms. The number of carboxylic acids is 2. The minimum Gasteiger partial charge on any atom is -0.481 e. The Hall–Kier alpha value is -1.14. The molecule has 0 unspecified atom stereocenters. The average Bonchev–Trinajstić information content (AvgIpc) is 1.85. The first-order valence-corrected chi connectivity index (χ1v) is 3.20. The van der Waals surface area contributed by atoms with Gasteiger partial charge < -0.3 is 10.2 Å². The van der Waals surface area contributed by atoms with E-state index in [1.807, 2.05) is 6.92 Å². The van der Waals surface area contributed by atoms with Gasteiger partial charge in [-0.3, -0.25) is 20.9 Å². The molecular formula is C6H16N2O4. The molecule has 74 valence electrons. The maximum atomic E-state index is 9.00. The van der Waals surface area contributed by atoms with Crippen LogP contribution in [0, 0.1) is 0 Å². The summed E-state index contributed by atoms with van der Waals surface area (Å²) in [6.45, 7) is 4.96. The maximum absolute atomic E-state index is 9.00. The predicted molar refractivity (Wildman–Crippen MR) is 44.5 cm³/mol. The van der Waals surface area contributed by atoms with E-state index >= 15 is 0 Å². The summed E-state index contributed by atoms with van der Waals surface area (Å²) in [5, 5.41) is 14.8. The average molecular weight is 180 g/mol. The highest BCUT2D eigenvalue weighted by Gasteiger charge is 1.65. The number of hydrogen-bond acceptors (Lipinski definition) is 4. The van der Waals surface area contributed by atoms with E-state index in [9.17, 15) is 0 Å². The van der Waals surface area contributed by atoms with E-state index in [1.54, 1.807) is 0 Å². The van der Waals surface area contributed by atoms with Gasteiger partial charge in [-0.05, 0) is 0 Å². The minimum absolute atomic E-state index is 0.833. The van der Waals surface area contributed by atoms with Crippen LogP contribution in [0.1, 0.15) is 20.8 Å². The molecule has 5 N–H and O–H groups in total. The molecule has 0 radical (unpaired) electrons. The van der Waals surface area contributed by atoms with Crippen molar-refractivity contribution in [2.24, 2.45) is 5.84 Å². The van der Waals surface area contributed by atoms with Crippen molar-refractivity contribution in [3.63, 3.8) is 0 Å². The van der Waals surface area contributed by atoms with Crippen LogP contribution >= 0.6 is 0 Å². The minimum atomic E-state index is -0.833. The summed E-state index contributed by atoms with van der Waals surface area (Å²) >= 11 is 0. The topological polar surface area (TPSA) is 113 Å². The van der Waals surface area contributed by atoms with Crippen LogP contribution in [0.4, 0.5) is 0 Å². The van der Waals surface area contributed by atoms with Gasteiger partial charge in [0.25, 0.3) is 11.9 Å². The second kappa shape index (κ2) is 16.4. The highest BCUT2D eigenvalue weighted by Crippen LogP contribution is 1.42. The molecule has 0 heterocycles. The molecule has 0 spiro atoms. The zero-order valence-corrected chi connectivity index (χ0v) is 7.50. The fourth-order valence-corrected chi connectivity index (χ4v) is 0. The zero-order valence-electron chi connectivity index (χ0n) is 7.50. The number of hydrogen-bond donors (Lipinski definition) is 4. The van der Waals surface area contributed by atoms with Gasteiger partial charge in [0.2, 0.25) is 0 Å². The maximum Gasteiger partial charge on any atom is 0.300 e. The smallest absolute Gasteiger partial charge is 0.300 e. The summed E-state index contributed by atoms with van der Waals surface area (Å²) in [4.78, 5) is 18.0. The van der Waals surface area contributed by atoms with Crippen LogP contribution in [0.15, 0.2) is 0 Å². The number of nitrogens with one attached hydrogen (secondary N) is 1. The lowest BCUT2D eigenvalue weighted by molar-refractivity contribution is -0.135. The number of aliphatic carboxylic acids is 2. The Bertz CT molecular complexity index is 94.1. The summed E-state index contributed by atoms with van der Waals surface area (Å²) in [5.74, 6) is 3.11. The lowest BCUT2D eigenvalue weighted by atomic mass is 10.8. The van der Waals surface area contributed by atoms with Crippen molar-refractivity contribution in [2.45, 2.75) is 20.8 Å². The van der Waals surface area contributed by atoms with E-state index in [0.717, 1.165) is 20.4 Å². The molecule has 0 amide bonds. The molecule has 0 atom stereocenters. The van der Waals surface area contributed by atoms with Gasteiger partial charge in [-0.15, -0.1) is 0 Å². The monoisotopic (exact) mass is 180 g/mol. The van der Waals surface area contributed by atoms with Crippen molar-refractivity contribution in [3.05, 3.63) is 0 Å². The molecule has 0 aliphatic carbocycles. The van der Waals surface area contributed by atoms with Crippen LogP contribution in [0.3, 0.4) is 0 Å². The largest absolute Gasteiger partial charge is 0.481 e. The first kappa shape index (κ1) is 17.1. The summed E-state index contributed by atoms with van der Waals surface area (Å²) in [6.07, 6.45) is 0.